The van der Waals surface area contributed by atoms with Gasteiger partial charge in [-0.1, -0.05) is 26.0 Å². The molecule has 0 aliphatic rings. The van der Waals surface area contributed by atoms with Gasteiger partial charge in [-0.2, -0.15) is 0 Å². The minimum absolute atomic E-state index is 0.0265. The van der Waals surface area contributed by atoms with Crippen LogP contribution in [0.2, 0.25) is 0 Å². The third-order valence-electron chi connectivity index (χ3n) is 8.01. The number of carbonyl (C=O) groups is 2. The highest BCUT2D eigenvalue weighted by atomic mass is 32.2. The van der Waals surface area contributed by atoms with Crippen LogP contribution >= 0.6 is 0 Å². The highest BCUT2D eigenvalue weighted by Crippen LogP contribution is 2.24. The van der Waals surface area contributed by atoms with Crippen molar-refractivity contribution in [3.63, 3.8) is 0 Å². The second-order valence-electron chi connectivity index (χ2n) is 11.9. The van der Waals surface area contributed by atoms with E-state index in [0.29, 0.717) is 45.9 Å². The highest BCUT2D eigenvalue weighted by Gasteiger charge is 2.14. The van der Waals surface area contributed by atoms with E-state index in [1.54, 1.807) is 111 Å². The van der Waals surface area contributed by atoms with Crippen molar-refractivity contribution in [2.24, 2.45) is 0 Å². The van der Waals surface area contributed by atoms with Crippen LogP contribution in [0.1, 0.15) is 34.6 Å². The van der Waals surface area contributed by atoms with Crippen LogP contribution in [0.25, 0.3) is 0 Å². The molecule has 294 valence electrons. The Morgan fingerprint density at radius 3 is 1.26 bits per heavy atom. The minimum atomic E-state index is -3.30. The molecular weight excluding hydrogens is 773 g/mol. The summed E-state index contributed by atoms with van der Waals surface area (Å²) in [6.07, 6.45) is 2.75. The van der Waals surface area contributed by atoms with Crippen LogP contribution in [0, 0.1) is 0 Å². The van der Waals surface area contributed by atoms with Crippen LogP contribution in [-0.4, -0.2) is 72.4 Å². The number of nitrogens with one attached hydrogen (secondary N) is 4. The van der Waals surface area contributed by atoms with Gasteiger partial charge in [-0.3, -0.25) is 0 Å². The maximum atomic E-state index is 12.1. The van der Waals surface area contributed by atoms with Gasteiger partial charge in [-0.15, -0.1) is 0 Å². The Hall–Kier alpha value is -6.92. The molecule has 6 aromatic rings. The number of methoxy groups -OCH3 is 1. The van der Waals surface area contributed by atoms with Crippen molar-refractivity contribution in [1.29, 1.82) is 0 Å². The van der Waals surface area contributed by atoms with Crippen LogP contribution < -0.4 is 21.3 Å². The van der Waals surface area contributed by atoms with Gasteiger partial charge in [-0.25, -0.2) is 46.4 Å². The Labute approximate surface area is 329 Å². The van der Waals surface area contributed by atoms with E-state index in [-0.39, 0.29) is 26.9 Å². The van der Waals surface area contributed by atoms with Gasteiger partial charge >= 0.3 is 11.9 Å². The number of hydrogen-bond donors (Lipinski definition) is 5. The van der Waals surface area contributed by atoms with Crippen LogP contribution in [-0.2, 0) is 24.4 Å². The quantitative estimate of drug-likeness (QED) is 0.0697. The van der Waals surface area contributed by atoms with Gasteiger partial charge in [0.25, 0.3) is 0 Å². The zero-order chi connectivity index (χ0) is 41.0. The van der Waals surface area contributed by atoms with Gasteiger partial charge in [0.15, 0.2) is 19.7 Å². The summed E-state index contributed by atoms with van der Waals surface area (Å²) in [5.74, 6) is 0.671. The lowest BCUT2D eigenvalue weighted by atomic mass is 10.2. The molecule has 2 heterocycles. The van der Waals surface area contributed by atoms with Gasteiger partial charge in [0.05, 0.1) is 39.5 Å². The summed E-state index contributed by atoms with van der Waals surface area (Å²) in [5.41, 5.74) is 3.24. The number of carboxylic acids is 1. The number of nitrogens with zero attached hydrogens (tertiary/aromatic N) is 4. The summed E-state index contributed by atoms with van der Waals surface area (Å²) in [6, 6.07) is 29.5. The average molecular weight is 811 g/mol. The summed E-state index contributed by atoms with van der Waals surface area (Å²) in [7, 11) is -5.26. The van der Waals surface area contributed by atoms with E-state index in [4.69, 9.17) is 5.11 Å². The molecule has 0 atom stereocenters. The van der Waals surface area contributed by atoms with E-state index in [1.165, 1.54) is 31.9 Å². The minimum Gasteiger partial charge on any atom is -0.478 e. The van der Waals surface area contributed by atoms with E-state index in [9.17, 15) is 26.4 Å². The largest absolute Gasteiger partial charge is 0.478 e. The molecule has 0 fully saturated rings. The number of hydrogen-bond acceptors (Lipinski definition) is 15. The maximum absolute atomic E-state index is 12.1. The summed E-state index contributed by atoms with van der Waals surface area (Å²) in [4.78, 5) is 39.5. The molecule has 0 saturated heterocycles. The average Bonchev–Trinajstić information content (AvgIpc) is 3.22. The first-order valence-corrected chi connectivity index (χ1v) is 20.5. The zero-order valence-electron chi connectivity index (χ0n) is 30.9. The normalized spacial score (nSPS) is 11.0. The van der Waals surface area contributed by atoms with E-state index >= 15 is 0 Å². The molecule has 0 spiro atoms. The number of esters is 1. The number of rotatable bonds is 14. The van der Waals surface area contributed by atoms with Gasteiger partial charge in [0, 0.05) is 34.9 Å². The Morgan fingerprint density at radius 1 is 0.544 bits per heavy atom. The molecule has 4 aromatic carbocycles. The van der Waals surface area contributed by atoms with Crippen LogP contribution in [0.5, 0.6) is 0 Å². The van der Waals surface area contributed by atoms with Crippen molar-refractivity contribution in [3.05, 3.63) is 133 Å². The Kier molecular flexibility index (Phi) is 13.5. The Bertz CT molecular complexity index is 2570. The third-order valence-corrected chi connectivity index (χ3v) is 11.5. The van der Waals surface area contributed by atoms with Crippen molar-refractivity contribution in [1.82, 2.24) is 19.9 Å². The van der Waals surface area contributed by atoms with Gasteiger partial charge in [0.2, 0.25) is 0 Å². The number of sulfone groups is 2. The van der Waals surface area contributed by atoms with Crippen molar-refractivity contribution >= 4 is 77.6 Å². The molecule has 57 heavy (non-hydrogen) atoms. The molecule has 0 saturated carbocycles. The predicted molar refractivity (Wildman–Crippen MR) is 217 cm³/mol. The number of benzene rings is 4. The molecule has 6 rings (SSSR count). The van der Waals surface area contributed by atoms with Crippen LogP contribution in [0.3, 0.4) is 0 Å². The monoisotopic (exact) mass is 810 g/mol. The van der Waals surface area contributed by atoms with E-state index in [1.807, 2.05) is 0 Å². The molecular formula is C39H38N8O8S2. The summed E-state index contributed by atoms with van der Waals surface area (Å²) in [6.45, 7) is 3.20. The van der Waals surface area contributed by atoms with Gasteiger partial charge < -0.3 is 31.1 Å². The van der Waals surface area contributed by atoms with E-state index < -0.39 is 31.6 Å². The van der Waals surface area contributed by atoms with Crippen molar-refractivity contribution in [2.75, 3.05) is 39.9 Å². The number of anilines is 8. The lowest BCUT2D eigenvalue weighted by Gasteiger charge is -2.10. The first-order chi connectivity index (χ1) is 27.3. The topological polar surface area (TPSA) is 232 Å². The second-order valence-corrected chi connectivity index (χ2v) is 16.4. The van der Waals surface area contributed by atoms with Crippen molar-refractivity contribution in [2.45, 2.75) is 23.6 Å². The molecule has 0 radical (unpaired) electrons. The summed E-state index contributed by atoms with van der Waals surface area (Å²) >= 11 is 0. The number of aromatic carboxylic acids is 1. The molecule has 0 aliphatic heterocycles. The fourth-order valence-electron chi connectivity index (χ4n) is 4.95. The third kappa shape index (κ3) is 11.5. The lowest BCUT2D eigenvalue weighted by Crippen LogP contribution is -2.04. The molecule has 5 N–H and O–H groups in total. The van der Waals surface area contributed by atoms with Crippen LogP contribution in [0.15, 0.2) is 132 Å². The van der Waals surface area contributed by atoms with Crippen LogP contribution in [0.4, 0.5) is 46.0 Å². The van der Waals surface area contributed by atoms with Crippen molar-refractivity contribution in [3.8, 4) is 0 Å². The fourth-order valence-corrected chi connectivity index (χ4v) is 6.80. The first kappa shape index (κ1) is 41.2. The molecule has 0 bridgehead atoms. The standard InChI is InChI=1S/C20H20N4O4S.C19H18N4O4S/c1-3-29(26,27)17-6-4-5-16(11-17)24-19-12-18(21-13-22-19)23-15-9-7-14(8-10-15)20(25)28-2;1-2-28(26,27)16-5-3-4-15(10-16)23-18-11-17(20-12-21-18)22-14-8-6-13(7-9-14)19(24)25/h4-13H,3H2,1-2H3,(H2,21,22,23,24);3-12H,2H2,1H3,(H,24,25)(H2,20,21,22,23). The molecule has 0 unspecified atom stereocenters. The predicted octanol–water partition coefficient (Wildman–Crippen LogP) is 7.00. The van der Waals surface area contributed by atoms with Crippen molar-refractivity contribution < 1.29 is 36.3 Å². The lowest BCUT2D eigenvalue weighted by molar-refractivity contribution is 0.0599. The SMILES string of the molecule is CCS(=O)(=O)c1cccc(Nc2cc(Nc3ccc(C(=O)O)cc3)ncn2)c1.CCS(=O)(=O)c1cccc(Nc2cc(Nc3ccc(C(=O)OC)cc3)ncn2)c1. The first-order valence-electron chi connectivity index (χ1n) is 17.2. The number of aromatic nitrogens is 4. The Balaban J connectivity index is 0.000000218. The summed E-state index contributed by atoms with van der Waals surface area (Å²) < 4.78 is 52.8. The summed E-state index contributed by atoms with van der Waals surface area (Å²) in [5, 5.41) is 21.3. The van der Waals surface area contributed by atoms with Gasteiger partial charge in [-0.05, 0) is 84.9 Å². The second kappa shape index (κ2) is 18.6. The molecule has 0 aliphatic carbocycles. The van der Waals surface area contributed by atoms with Gasteiger partial charge in [0.1, 0.15) is 35.9 Å². The highest BCUT2D eigenvalue weighted by molar-refractivity contribution is 7.91. The smallest absolute Gasteiger partial charge is 0.337 e. The molecule has 18 heteroatoms. The number of carbonyl (C=O) groups excluding carboxylic acids is 1. The Morgan fingerprint density at radius 2 is 0.912 bits per heavy atom. The zero-order valence-corrected chi connectivity index (χ0v) is 32.5. The molecule has 0 amide bonds. The fraction of sp³-hybridized carbons (Fsp3) is 0.128. The molecule has 2 aromatic heterocycles. The number of carboxylic acid groups (broad SMARTS) is 1. The number of ether oxygens (including phenoxy) is 1. The maximum Gasteiger partial charge on any atom is 0.337 e. The van der Waals surface area contributed by atoms with E-state index in [2.05, 4.69) is 45.9 Å². The molecule has 16 nitrogen and oxygen atoms in total. The van der Waals surface area contributed by atoms with E-state index in [0.717, 1.165) is 5.69 Å².